The molecule has 1 radical (unpaired) electrons. The van der Waals surface area contributed by atoms with Crippen molar-refractivity contribution in [3.8, 4) is 5.75 Å². The minimum Gasteiger partial charge on any atom is -0.489 e. The third kappa shape index (κ3) is 2.97. The standard InChI is InChI=1S/C10H10ClO/c1-2-3-7-12-10-6-4-5-9(11)8-10/h2-6,8H,1,7H2/b3-2+. The third-order valence-corrected chi connectivity index (χ3v) is 1.54. The largest absolute Gasteiger partial charge is 0.489 e. The Labute approximate surface area is 77.6 Å². The van der Waals surface area contributed by atoms with Crippen molar-refractivity contribution in [2.24, 2.45) is 0 Å². The number of benzene rings is 1. The summed E-state index contributed by atoms with van der Waals surface area (Å²) in [6.07, 6.45) is 3.53. The predicted molar refractivity (Wildman–Crippen MR) is 51.4 cm³/mol. The number of halogens is 1. The molecule has 0 aliphatic rings. The molecule has 0 amide bonds. The van der Waals surface area contributed by atoms with E-state index in [1.54, 1.807) is 12.1 Å². The molecule has 0 N–H and O–H groups in total. The van der Waals surface area contributed by atoms with Gasteiger partial charge in [0.15, 0.2) is 0 Å². The number of rotatable bonds is 3. The van der Waals surface area contributed by atoms with Gasteiger partial charge in [0.25, 0.3) is 0 Å². The summed E-state index contributed by atoms with van der Waals surface area (Å²) < 4.78 is 5.32. The van der Waals surface area contributed by atoms with E-state index in [9.17, 15) is 0 Å². The van der Waals surface area contributed by atoms with Crippen LogP contribution in [0.2, 0.25) is 5.02 Å². The summed E-state index contributed by atoms with van der Waals surface area (Å²) in [6.45, 7) is 4.08. The van der Waals surface area contributed by atoms with Gasteiger partial charge in [0.1, 0.15) is 12.4 Å². The zero-order chi connectivity index (χ0) is 8.81. The number of hydrogen-bond acceptors (Lipinski definition) is 1. The van der Waals surface area contributed by atoms with E-state index in [-0.39, 0.29) is 0 Å². The average Bonchev–Trinajstić information content (AvgIpc) is 2.05. The molecule has 1 rings (SSSR count). The lowest BCUT2D eigenvalue weighted by Crippen LogP contribution is -1.92. The first kappa shape index (κ1) is 9.14. The Kier molecular flexibility index (Phi) is 3.68. The molecular weight excluding hydrogens is 172 g/mol. The molecule has 0 atom stereocenters. The maximum absolute atomic E-state index is 5.75. The highest BCUT2D eigenvalue weighted by Crippen LogP contribution is 2.16. The molecule has 0 spiro atoms. The van der Waals surface area contributed by atoms with Crippen LogP contribution in [0.5, 0.6) is 5.75 Å². The highest BCUT2D eigenvalue weighted by atomic mass is 35.5. The molecule has 2 heteroatoms. The molecule has 0 saturated carbocycles. The lowest BCUT2D eigenvalue weighted by atomic mass is 10.3. The fraction of sp³-hybridized carbons (Fsp3) is 0.100. The summed E-state index contributed by atoms with van der Waals surface area (Å²) in [7, 11) is 0. The Morgan fingerprint density at radius 3 is 3.00 bits per heavy atom. The Hall–Kier alpha value is -0.950. The number of allylic oxidation sites excluding steroid dienone is 1. The van der Waals surface area contributed by atoms with E-state index in [0.717, 1.165) is 5.75 Å². The van der Waals surface area contributed by atoms with E-state index in [2.05, 4.69) is 6.92 Å². The summed E-state index contributed by atoms with van der Waals surface area (Å²) >= 11 is 5.75. The van der Waals surface area contributed by atoms with Gasteiger partial charge in [-0.2, -0.15) is 0 Å². The zero-order valence-electron chi connectivity index (χ0n) is 6.66. The van der Waals surface area contributed by atoms with E-state index >= 15 is 0 Å². The summed E-state index contributed by atoms with van der Waals surface area (Å²) in [6, 6.07) is 7.30. The summed E-state index contributed by atoms with van der Waals surface area (Å²) in [5.74, 6) is 0.778. The Morgan fingerprint density at radius 2 is 2.33 bits per heavy atom. The van der Waals surface area contributed by atoms with Crippen LogP contribution in [0.15, 0.2) is 36.4 Å². The van der Waals surface area contributed by atoms with Crippen LogP contribution in [0.3, 0.4) is 0 Å². The molecule has 0 saturated heterocycles. The average molecular weight is 182 g/mol. The van der Waals surface area contributed by atoms with Crippen molar-refractivity contribution in [2.75, 3.05) is 6.61 Å². The van der Waals surface area contributed by atoms with Gasteiger partial charge in [-0.05, 0) is 25.1 Å². The molecule has 0 bridgehead atoms. The second-order valence-corrected chi connectivity index (χ2v) is 2.68. The van der Waals surface area contributed by atoms with Gasteiger partial charge in [-0.25, -0.2) is 0 Å². The molecular formula is C10H10ClO. The van der Waals surface area contributed by atoms with E-state index < -0.39 is 0 Å². The molecule has 1 aromatic rings. The molecule has 12 heavy (non-hydrogen) atoms. The van der Waals surface area contributed by atoms with Crippen LogP contribution < -0.4 is 4.74 Å². The van der Waals surface area contributed by atoms with Gasteiger partial charge in [-0.1, -0.05) is 29.8 Å². The quantitative estimate of drug-likeness (QED) is 0.696. The second kappa shape index (κ2) is 4.83. The third-order valence-electron chi connectivity index (χ3n) is 1.31. The monoisotopic (exact) mass is 181 g/mol. The zero-order valence-corrected chi connectivity index (χ0v) is 7.42. The van der Waals surface area contributed by atoms with Gasteiger partial charge in [-0.15, -0.1) is 0 Å². The van der Waals surface area contributed by atoms with Crippen molar-refractivity contribution in [3.05, 3.63) is 48.4 Å². The van der Waals surface area contributed by atoms with Gasteiger partial charge in [-0.3, -0.25) is 0 Å². The molecule has 1 nitrogen and oxygen atoms in total. The Balaban J connectivity index is 2.52. The van der Waals surface area contributed by atoms with Crippen molar-refractivity contribution in [1.29, 1.82) is 0 Å². The SMILES string of the molecule is [CH2]/C=C/COc1cccc(Cl)c1. The van der Waals surface area contributed by atoms with Crippen LogP contribution in [0.1, 0.15) is 0 Å². The van der Waals surface area contributed by atoms with Gasteiger partial charge >= 0.3 is 0 Å². The molecule has 0 aromatic heterocycles. The van der Waals surface area contributed by atoms with Crippen LogP contribution in [0.25, 0.3) is 0 Å². The molecule has 0 heterocycles. The van der Waals surface area contributed by atoms with E-state index in [0.29, 0.717) is 11.6 Å². The van der Waals surface area contributed by atoms with Crippen molar-refractivity contribution >= 4 is 11.6 Å². The van der Waals surface area contributed by atoms with Crippen molar-refractivity contribution < 1.29 is 4.74 Å². The number of hydrogen-bond donors (Lipinski definition) is 0. The van der Waals surface area contributed by atoms with Crippen LogP contribution in [-0.2, 0) is 0 Å². The molecule has 0 fully saturated rings. The highest BCUT2D eigenvalue weighted by Gasteiger charge is 1.91. The van der Waals surface area contributed by atoms with Gasteiger partial charge in [0.05, 0.1) is 0 Å². The van der Waals surface area contributed by atoms with Gasteiger partial charge < -0.3 is 4.74 Å². The smallest absolute Gasteiger partial charge is 0.121 e. The fourth-order valence-electron chi connectivity index (χ4n) is 0.769. The first-order valence-corrected chi connectivity index (χ1v) is 4.03. The van der Waals surface area contributed by atoms with Crippen molar-refractivity contribution in [3.63, 3.8) is 0 Å². The van der Waals surface area contributed by atoms with Crippen molar-refractivity contribution in [2.45, 2.75) is 0 Å². The predicted octanol–water partition coefficient (Wildman–Crippen LogP) is 3.11. The minimum atomic E-state index is 0.532. The normalized spacial score (nSPS) is 10.5. The molecule has 1 aromatic carbocycles. The highest BCUT2D eigenvalue weighted by molar-refractivity contribution is 6.30. The van der Waals surface area contributed by atoms with Crippen molar-refractivity contribution in [1.82, 2.24) is 0 Å². The second-order valence-electron chi connectivity index (χ2n) is 2.24. The summed E-state index contributed by atoms with van der Waals surface area (Å²) in [5.41, 5.74) is 0. The molecule has 0 unspecified atom stereocenters. The Bertz CT molecular complexity index is 268. The Morgan fingerprint density at radius 1 is 1.50 bits per heavy atom. The first-order valence-electron chi connectivity index (χ1n) is 3.65. The molecule has 63 valence electrons. The topological polar surface area (TPSA) is 9.23 Å². The molecule has 0 aliphatic carbocycles. The summed E-state index contributed by atoms with van der Waals surface area (Å²) in [4.78, 5) is 0. The summed E-state index contributed by atoms with van der Waals surface area (Å²) in [5, 5.41) is 0.686. The lowest BCUT2D eigenvalue weighted by Gasteiger charge is -2.01. The van der Waals surface area contributed by atoms with E-state index in [1.807, 2.05) is 24.3 Å². The van der Waals surface area contributed by atoms with Gasteiger partial charge in [0, 0.05) is 5.02 Å². The van der Waals surface area contributed by atoms with Crippen LogP contribution in [-0.4, -0.2) is 6.61 Å². The maximum atomic E-state index is 5.75. The minimum absolute atomic E-state index is 0.532. The number of ether oxygens (including phenoxy) is 1. The van der Waals surface area contributed by atoms with E-state index in [4.69, 9.17) is 16.3 Å². The maximum Gasteiger partial charge on any atom is 0.121 e. The van der Waals surface area contributed by atoms with E-state index in [1.165, 1.54) is 0 Å². The van der Waals surface area contributed by atoms with Crippen LogP contribution in [0, 0.1) is 6.92 Å². The van der Waals surface area contributed by atoms with Gasteiger partial charge in [0.2, 0.25) is 0 Å². The first-order chi connectivity index (χ1) is 5.83. The fourth-order valence-corrected chi connectivity index (χ4v) is 0.949. The molecule has 0 aliphatic heterocycles. The van der Waals surface area contributed by atoms with Crippen LogP contribution in [0.4, 0.5) is 0 Å². The lowest BCUT2D eigenvalue weighted by molar-refractivity contribution is 0.363. The van der Waals surface area contributed by atoms with Crippen LogP contribution >= 0.6 is 11.6 Å².